The molecule has 2 heterocycles. The largest absolute Gasteiger partial charge is 0.436 e. The molecule has 0 bridgehead atoms. The van der Waals surface area contributed by atoms with Crippen LogP contribution in [0.2, 0.25) is 5.28 Å². The summed E-state index contributed by atoms with van der Waals surface area (Å²) in [5, 5.41) is 1.08. The summed E-state index contributed by atoms with van der Waals surface area (Å²) in [6, 6.07) is 10.9. The van der Waals surface area contributed by atoms with E-state index in [1.807, 2.05) is 24.3 Å². The smallest absolute Gasteiger partial charge is 0.293 e. The molecule has 0 spiro atoms. The van der Waals surface area contributed by atoms with Crippen LogP contribution >= 0.6 is 23.4 Å². The lowest BCUT2D eigenvalue weighted by Gasteiger charge is -2.13. The van der Waals surface area contributed by atoms with Crippen LogP contribution in [0.25, 0.3) is 16.8 Å². The maximum absolute atomic E-state index is 14.1. The molecule has 1 saturated heterocycles. The van der Waals surface area contributed by atoms with Crippen molar-refractivity contribution < 1.29 is 23.5 Å². The normalized spacial score (nSPS) is 15.3. The van der Waals surface area contributed by atoms with Gasteiger partial charge in [-0.2, -0.15) is 9.37 Å². The van der Waals surface area contributed by atoms with E-state index in [0.29, 0.717) is 5.56 Å². The van der Waals surface area contributed by atoms with Gasteiger partial charge in [0.25, 0.3) is 17.0 Å². The SMILES string of the molecule is COCCN1C(=O)S/C(=C/c2c(Oc3nc(Cl)ncc3F)ccc3ccccc23)C1=O. The van der Waals surface area contributed by atoms with Crippen molar-refractivity contribution in [2.75, 3.05) is 20.3 Å². The van der Waals surface area contributed by atoms with Gasteiger partial charge in [0.2, 0.25) is 11.1 Å². The van der Waals surface area contributed by atoms with E-state index in [1.165, 1.54) is 7.11 Å². The third-order valence-corrected chi connectivity index (χ3v) is 5.58. The fourth-order valence-corrected chi connectivity index (χ4v) is 4.00. The number of nitrogens with zero attached hydrogens (tertiary/aromatic N) is 3. The summed E-state index contributed by atoms with van der Waals surface area (Å²) in [7, 11) is 1.49. The lowest BCUT2D eigenvalue weighted by molar-refractivity contribution is -0.123. The first-order valence-corrected chi connectivity index (χ1v) is 10.3. The van der Waals surface area contributed by atoms with E-state index in [2.05, 4.69) is 9.97 Å². The molecule has 1 aliphatic heterocycles. The highest BCUT2D eigenvalue weighted by molar-refractivity contribution is 8.18. The minimum atomic E-state index is -0.789. The quantitative estimate of drug-likeness (QED) is 0.383. The lowest BCUT2D eigenvalue weighted by atomic mass is 10.0. The molecule has 1 fully saturated rings. The highest BCUT2D eigenvalue weighted by Gasteiger charge is 2.35. The second-order valence-electron chi connectivity index (χ2n) is 6.42. The number of halogens is 2. The molecule has 0 unspecified atom stereocenters. The summed E-state index contributed by atoms with van der Waals surface area (Å²) in [6.07, 6.45) is 2.47. The van der Waals surface area contributed by atoms with Gasteiger partial charge in [-0.25, -0.2) is 4.98 Å². The third-order valence-electron chi connectivity index (χ3n) is 4.49. The molecule has 0 atom stereocenters. The van der Waals surface area contributed by atoms with Crippen molar-refractivity contribution in [3.05, 3.63) is 64.2 Å². The summed E-state index contributed by atoms with van der Waals surface area (Å²) in [4.78, 5) is 33.7. The molecular formula is C21H15ClFN3O4S. The minimum absolute atomic E-state index is 0.155. The number of hydrogen-bond donors (Lipinski definition) is 0. The number of benzene rings is 2. The van der Waals surface area contributed by atoms with Crippen LogP contribution < -0.4 is 4.74 Å². The Bertz CT molecular complexity index is 1220. The maximum Gasteiger partial charge on any atom is 0.293 e. The molecule has 0 aliphatic carbocycles. The molecule has 2 amide bonds. The highest BCUT2D eigenvalue weighted by Crippen LogP contribution is 2.38. The standard InChI is InChI=1S/C21H15ClFN3O4S/c1-29-9-8-26-19(27)17(31-21(26)28)10-14-13-5-3-2-4-12(13)6-7-16(14)30-18-15(23)11-24-20(22)25-18/h2-7,10-11H,8-9H2,1H3/b17-10+. The van der Waals surface area contributed by atoms with Gasteiger partial charge in [0.05, 0.1) is 24.3 Å². The number of fused-ring (bicyclic) bond motifs is 1. The van der Waals surface area contributed by atoms with Gasteiger partial charge in [0, 0.05) is 12.7 Å². The predicted octanol–water partition coefficient (Wildman–Crippen LogP) is 4.90. The first-order chi connectivity index (χ1) is 15.0. The van der Waals surface area contributed by atoms with Crippen LogP contribution in [0.15, 0.2) is 47.5 Å². The zero-order valence-electron chi connectivity index (χ0n) is 16.2. The number of carbonyl (C=O) groups excluding carboxylic acids is 2. The lowest BCUT2D eigenvalue weighted by Crippen LogP contribution is -2.31. The molecular weight excluding hydrogens is 445 g/mol. The van der Waals surface area contributed by atoms with Crippen LogP contribution in [0.3, 0.4) is 0 Å². The zero-order valence-corrected chi connectivity index (χ0v) is 17.7. The molecule has 10 heteroatoms. The number of amides is 2. The van der Waals surface area contributed by atoms with Gasteiger partial charge in [-0.3, -0.25) is 14.5 Å². The van der Waals surface area contributed by atoms with Crippen molar-refractivity contribution in [1.29, 1.82) is 0 Å². The highest BCUT2D eigenvalue weighted by atomic mass is 35.5. The van der Waals surface area contributed by atoms with Gasteiger partial charge < -0.3 is 9.47 Å². The monoisotopic (exact) mass is 459 g/mol. The Morgan fingerprint density at radius 3 is 2.84 bits per heavy atom. The molecule has 0 radical (unpaired) electrons. The third kappa shape index (κ3) is 4.39. The second-order valence-corrected chi connectivity index (χ2v) is 7.75. The summed E-state index contributed by atoms with van der Waals surface area (Å²) in [5.41, 5.74) is 0.504. The molecule has 31 heavy (non-hydrogen) atoms. The summed E-state index contributed by atoms with van der Waals surface area (Å²) >= 11 is 6.59. The number of ether oxygens (including phenoxy) is 2. The average Bonchev–Trinajstić information content (AvgIpc) is 3.03. The van der Waals surface area contributed by atoms with Crippen molar-refractivity contribution >= 4 is 51.4 Å². The Hall–Kier alpha value is -3.01. The summed E-state index contributed by atoms with van der Waals surface area (Å²) in [5.74, 6) is -1.32. The van der Waals surface area contributed by atoms with Crippen molar-refractivity contribution in [2.24, 2.45) is 0 Å². The Balaban J connectivity index is 1.80. The Morgan fingerprint density at radius 1 is 1.23 bits per heavy atom. The topological polar surface area (TPSA) is 81.6 Å². The number of rotatable bonds is 6. The van der Waals surface area contributed by atoms with Crippen molar-refractivity contribution in [3.63, 3.8) is 0 Å². The average molecular weight is 460 g/mol. The van der Waals surface area contributed by atoms with Gasteiger partial charge in [-0.05, 0) is 46.3 Å². The number of thioether (sulfide) groups is 1. The van der Waals surface area contributed by atoms with Crippen LogP contribution in [-0.2, 0) is 9.53 Å². The van der Waals surface area contributed by atoms with Crippen LogP contribution in [0.1, 0.15) is 5.56 Å². The molecule has 0 N–H and O–H groups in total. The predicted molar refractivity (Wildman–Crippen MR) is 116 cm³/mol. The fraction of sp³-hybridized carbons (Fsp3) is 0.143. The van der Waals surface area contributed by atoms with E-state index in [-0.39, 0.29) is 40.2 Å². The fourth-order valence-electron chi connectivity index (χ4n) is 3.03. The van der Waals surface area contributed by atoms with E-state index in [0.717, 1.165) is 33.6 Å². The zero-order chi connectivity index (χ0) is 22.0. The maximum atomic E-state index is 14.1. The molecule has 4 rings (SSSR count). The second kappa shape index (κ2) is 9.01. The molecule has 158 valence electrons. The number of methoxy groups -OCH3 is 1. The van der Waals surface area contributed by atoms with E-state index < -0.39 is 11.7 Å². The van der Waals surface area contributed by atoms with Gasteiger partial charge in [-0.15, -0.1) is 0 Å². The molecule has 0 saturated carbocycles. The molecule has 1 aromatic heterocycles. The van der Waals surface area contributed by atoms with E-state index >= 15 is 0 Å². The van der Waals surface area contributed by atoms with Crippen molar-refractivity contribution in [1.82, 2.24) is 14.9 Å². The van der Waals surface area contributed by atoms with E-state index in [1.54, 1.807) is 18.2 Å². The molecule has 7 nitrogen and oxygen atoms in total. The van der Waals surface area contributed by atoms with Gasteiger partial charge in [0.15, 0.2) is 0 Å². The Labute approximate surface area is 185 Å². The van der Waals surface area contributed by atoms with Crippen LogP contribution in [0.5, 0.6) is 11.6 Å². The Kier molecular flexibility index (Phi) is 6.17. The minimum Gasteiger partial charge on any atom is -0.436 e. The number of imide groups is 1. The van der Waals surface area contributed by atoms with Gasteiger partial charge in [0.1, 0.15) is 5.75 Å². The van der Waals surface area contributed by atoms with E-state index in [9.17, 15) is 14.0 Å². The van der Waals surface area contributed by atoms with Gasteiger partial charge >= 0.3 is 0 Å². The first kappa shape index (κ1) is 21.2. The number of aromatic nitrogens is 2. The summed E-state index contributed by atoms with van der Waals surface area (Å²) in [6.45, 7) is 0.393. The van der Waals surface area contributed by atoms with Crippen LogP contribution in [-0.4, -0.2) is 46.3 Å². The van der Waals surface area contributed by atoms with Crippen LogP contribution in [0.4, 0.5) is 9.18 Å². The first-order valence-electron chi connectivity index (χ1n) is 9.10. The van der Waals surface area contributed by atoms with Crippen molar-refractivity contribution in [2.45, 2.75) is 0 Å². The van der Waals surface area contributed by atoms with Gasteiger partial charge in [-0.1, -0.05) is 30.3 Å². The summed E-state index contributed by atoms with van der Waals surface area (Å²) < 4.78 is 24.8. The number of hydrogen-bond acceptors (Lipinski definition) is 7. The van der Waals surface area contributed by atoms with E-state index in [4.69, 9.17) is 21.1 Å². The molecule has 3 aromatic rings. The number of carbonyl (C=O) groups is 2. The molecule has 2 aromatic carbocycles. The van der Waals surface area contributed by atoms with Crippen molar-refractivity contribution in [3.8, 4) is 11.6 Å². The Morgan fingerprint density at radius 2 is 2.03 bits per heavy atom. The van der Waals surface area contributed by atoms with Crippen LogP contribution in [0, 0.1) is 5.82 Å². The molecule has 1 aliphatic rings.